The van der Waals surface area contributed by atoms with Crippen molar-refractivity contribution in [2.24, 2.45) is 0 Å². The molecule has 0 spiro atoms. The van der Waals surface area contributed by atoms with Gasteiger partial charge in [-0.15, -0.1) is 0 Å². The van der Waals surface area contributed by atoms with E-state index in [0.29, 0.717) is 5.69 Å². The Labute approximate surface area is 89.9 Å². The molecule has 4 nitrogen and oxygen atoms in total. The topological polar surface area (TPSA) is 39.3 Å². The Balaban J connectivity index is 2.02. The number of carbonyl (C=O) groups excluding carboxylic acids is 1. The Morgan fingerprint density at radius 1 is 1.33 bits per heavy atom. The van der Waals surface area contributed by atoms with Crippen LogP contribution >= 0.6 is 0 Å². The molecule has 0 saturated carbocycles. The number of piperazine rings is 1. The van der Waals surface area contributed by atoms with Crippen LogP contribution in [0.1, 0.15) is 16.1 Å². The first-order chi connectivity index (χ1) is 7.16. The Bertz CT molecular complexity index is 350. The first kappa shape index (κ1) is 10.2. The number of nitrogens with zero attached hydrogens (tertiary/aromatic N) is 2. The highest BCUT2D eigenvalue weighted by Crippen LogP contribution is 2.08. The second-order valence-corrected chi connectivity index (χ2v) is 4.19. The van der Waals surface area contributed by atoms with Crippen molar-refractivity contribution in [1.82, 2.24) is 14.8 Å². The van der Waals surface area contributed by atoms with Gasteiger partial charge in [0.25, 0.3) is 5.91 Å². The molecule has 1 aliphatic heterocycles. The zero-order chi connectivity index (χ0) is 10.8. The van der Waals surface area contributed by atoms with Gasteiger partial charge in [0.15, 0.2) is 0 Å². The number of likely N-dealkylation sites (N-methyl/N-ethyl adjacent to an activating group) is 1. The Morgan fingerprint density at radius 3 is 2.53 bits per heavy atom. The van der Waals surface area contributed by atoms with Crippen molar-refractivity contribution in [3.63, 3.8) is 0 Å². The van der Waals surface area contributed by atoms with E-state index >= 15 is 0 Å². The Morgan fingerprint density at radius 2 is 2.00 bits per heavy atom. The van der Waals surface area contributed by atoms with Gasteiger partial charge in [0, 0.05) is 32.4 Å². The molecule has 1 amide bonds. The monoisotopic (exact) mass is 207 g/mol. The van der Waals surface area contributed by atoms with E-state index in [1.807, 2.05) is 24.1 Å². The van der Waals surface area contributed by atoms with E-state index in [1.54, 1.807) is 0 Å². The molecule has 0 radical (unpaired) electrons. The van der Waals surface area contributed by atoms with Crippen LogP contribution in [-0.4, -0.2) is 53.9 Å². The summed E-state index contributed by atoms with van der Waals surface area (Å²) < 4.78 is 0. The number of H-pyrrole nitrogens is 1. The van der Waals surface area contributed by atoms with Gasteiger partial charge in [-0.3, -0.25) is 4.79 Å². The third kappa shape index (κ3) is 2.21. The van der Waals surface area contributed by atoms with Gasteiger partial charge in [0.2, 0.25) is 0 Å². The van der Waals surface area contributed by atoms with Crippen LogP contribution in [0.2, 0.25) is 0 Å². The molecular formula is C11H17N3O. The molecule has 15 heavy (non-hydrogen) atoms. The number of aryl methyl sites for hydroxylation is 1. The fourth-order valence-electron chi connectivity index (χ4n) is 1.81. The predicted octanol–water partition coefficient (Wildman–Crippen LogP) is 0.711. The van der Waals surface area contributed by atoms with Gasteiger partial charge in [0.05, 0.1) is 0 Å². The number of hydrogen-bond donors (Lipinski definition) is 1. The highest BCUT2D eigenvalue weighted by molar-refractivity contribution is 5.92. The number of carbonyl (C=O) groups is 1. The number of amides is 1. The lowest BCUT2D eigenvalue weighted by Crippen LogP contribution is -2.47. The molecule has 0 aromatic carbocycles. The van der Waals surface area contributed by atoms with E-state index in [0.717, 1.165) is 31.7 Å². The lowest BCUT2D eigenvalue weighted by Gasteiger charge is -2.32. The highest BCUT2D eigenvalue weighted by Gasteiger charge is 2.20. The first-order valence-electron chi connectivity index (χ1n) is 5.29. The van der Waals surface area contributed by atoms with E-state index in [2.05, 4.69) is 16.9 Å². The smallest absolute Gasteiger partial charge is 0.270 e. The molecule has 0 aliphatic carbocycles. The second-order valence-electron chi connectivity index (χ2n) is 4.19. The predicted molar refractivity (Wildman–Crippen MR) is 58.9 cm³/mol. The summed E-state index contributed by atoms with van der Waals surface area (Å²) in [5.41, 5.74) is 1.81. The highest BCUT2D eigenvalue weighted by atomic mass is 16.2. The number of aromatic nitrogens is 1. The number of hydrogen-bond acceptors (Lipinski definition) is 2. The van der Waals surface area contributed by atoms with Crippen molar-refractivity contribution < 1.29 is 4.79 Å². The van der Waals surface area contributed by atoms with Gasteiger partial charge in [-0.25, -0.2) is 0 Å². The zero-order valence-corrected chi connectivity index (χ0v) is 9.29. The molecule has 2 rings (SSSR count). The molecule has 2 heterocycles. The summed E-state index contributed by atoms with van der Waals surface area (Å²) in [5, 5.41) is 0. The first-order valence-corrected chi connectivity index (χ1v) is 5.29. The molecule has 82 valence electrons. The average Bonchev–Trinajstić information content (AvgIpc) is 2.65. The molecule has 1 N–H and O–H groups in total. The van der Waals surface area contributed by atoms with Crippen molar-refractivity contribution in [1.29, 1.82) is 0 Å². The molecule has 1 aromatic heterocycles. The summed E-state index contributed by atoms with van der Waals surface area (Å²) in [6, 6.07) is 1.90. The maximum atomic E-state index is 12.0. The Kier molecular flexibility index (Phi) is 2.77. The minimum absolute atomic E-state index is 0.121. The van der Waals surface area contributed by atoms with Gasteiger partial charge < -0.3 is 14.8 Å². The van der Waals surface area contributed by atoms with Crippen molar-refractivity contribution in [3.8, 4) is 0 Å². The van der Waals surface area contributed by atoms with Gasteiger partial charge >= 0.3 is 0 Å². The molecule has 0 unspecified atom stereocenters. The normalized spacial score (nSPS) is 18.1. The standard InChI is InChI=1S/C11H17N3O/c1-9-7-10(12-8-9)11(15)14-5-3-13(2)4-6-14/h7-8,12H,3-6H2,1-2H3. The van der Waals surface area contributed by atoms with E-state index in [9.17, 15) is 4.79 Å². The second kappa shape index (κ2) is 4.06. The van der Waals surface area contributed by atoms with E-state index in [1.165, 1.54) is 0 Å². The van der Waals surface area contributed by atoms with Crippen molar-refractivity contribution in [3.05, 3.63) is 23.5 Å². The molecule has 1 aliphatic rings. The third-order valence-corrected chi connectivity index (χ3v) is 2.85. The lowest BCUT2D eigenvalue weighted by atomic mass is 10.2. The minimum atomic E-state index is 0.121. The summed E-state index contributed by atoms with van der Waals surface area (Å²) in [5.74, 6) is 0.121. The van der Waals surface area contributed by atoms with Gasteiger partial charge in [-0.1, -0.05) is 0 Å². The van der Waals surface area contributed by atoms with Crippen LogP contribution < -0.4 is 0 Å². The van der Waals surface area contributed by atoms with Gasteiger partial charge in [0.1, 0.15) is 5.69 Å². The summed E-state index contributed by atoms with van der Waals surface area (Å²) in [6.45, 7) is 5.56. The van der Waals surface area contributed by atoms with Gasteiger partial charge in [-0.2, -0.15) is 0 Å². The van der Waals surface area contributed by atoms with E-state index in [-0.39, 0.29) is 5.91 Å². The summed E-state index contributed by atoms with van der Waals surface area (Å²) in [7, 11) is 2.08. The van der Waals surface area contributed by atoms with Crippen LogP contribution in [0.4, 0.5) is 0 Å². The van der Waals surface area contributed by atoms with Crippen LogP contribution in [-0.2, 0) is 0 Å². The SMILES string of the molecule is Cc1c[nH]c(C(=O)N2CCN(C)CC2)c1. The number of aromatic amines is 1. The average molecular weight is 207 g/mol. The molecule has 1 saturated heterocycles. The lowest BCUT2D eigenvalue weighted by molar-refractivity contribution is 0.0659. The third-order valence-electron chi connectivity index (χ3n) is 2.85. The van der Waals surface area contributed by atoms with E-state index < -0.39 is 0 Å². The maximum Gasteiger partial charge on any atom is 0.270 e. The molecule has 4 heteroatoms. The van der Waals surface area contributed by atoms with Gasteiger partial charge in [-0.05, 0) is 25.6 Å². The molecular weight excluding hydrogens is 190 g/mol. The Hall–Kier alpha value is -1.29. The van der Waals surface area contributed by atoms with Crippen molar-refractivity contribution in [2.75, 3.05) is 33.2 Å². The fourth-order valence-corrected chi connectivity index (χ4v) is 1.81. The summed E-state index contributed by atoms with van der Waals surface area (Å²) >= 11 is 0. The number of nitrogens with one attached hydrogen (secondary N) is 1. The van der Waals surface area contributed by atoms with Crippen LogP contribution in [0.25, 0.3) is 0 Å². The number of rotatable bonds is 1. The van der Waals surface area contributed by atoms with E-state index in [4.69, 9.17) is 0 Å². The zero-order valence-electron chi connectivity index (χ0n) is 9.29. The molecule has 1 aromatic rings. The fraction of sp³-hybridized carbons (Fsp3) is 0.545. The summed E-state index contributed by atoms with van der Waals surface area (Å²) in [6.07, 6.45) is 1.86. The van der Waals surface area contributed by atoms with Crippen LogP contribution in [0.3, 0.4) is 0 Å². The van der Waals surface area contributed by atoms with Crippen LogP contribution in [0.5, 0.6) is 0 Å². The van der Waals surface area contributed by atoms with Crippen LogP contribution in [0, 0.1) is 6.92 Å². The largest absolute Gasteiger partial charge is 0.357 e. The molecule has 1 fully saturated rings. The molecule has 0 bridgehead atoms. The van der Waals surface area contributed by atoms with Crippen LogP contribution in [0.15, 0.2) is 12.3 Å². The van der Waals surface area contributed by atoms with Crippen molar-refractivity contribution >= 4 is 5.91 Å². The van der Waals surface area contributed by atoms with Crippen molar-refractivity contribution in [2.45, 2.75) is 6.92 Å². The molecule has 0 atom stereocenters. The maximum absolute atomic E-state index is 12.0. The minimum Gasteiger partial charge on any atom is -0.357 e. The quantitative estimate of drug-likeness (QED) is 0.736. The summed E-state index contributed by atoms with van der Waals surface area (Å²) in [4.78, 5) is 19.2.